The Kier molecular flexibility index (Phi) is 5.39. The molecule has 0 radical (unpaired) electrons. The zero-order valence-electron chi connectivity index (χ0n) is 13.9. The van der Waals surface area contributed by atoms with Crippen molar-refractivity contribution in [2.75, 3.05) is 6.61 Å². The van der Waals surface area contributed by atoms with Crippen molar-refractivity contribution in [3.05, 3.63) is 90.5 Å². The Morgan fingerprint density at radius 3 is 2.00 bits per heavy atom. The molecule has 3 aromatic rings. The lowest BCUT2D eigenvalue weighted by molar-refractivity contribution is 0.363. The van der Waals surface area contributed by atoms with Crippen LogP contribution in [0.15, 0.2) is 94.7 Å². The number of rotatable bonds is 6. The summed E-state index contributed by atoms with van der Waals surface area (Å²) in [6.07, 6.45) is 3.86. The fourth-order valence-corrected chi connectivity index (χ4v) is 3.63. The van der Waals surface area contributed by atoms with E-state index in [1.165, 1.54) is 36.4 Å². The van der Waals surface area contributed by atoms with E-state index >= 15 is 0 Å². The molecule has 0 saturated heterocycles. The first kappa shape index (κ1) is 17.8. The predicted octanol–water partition coefficient (Wildman–Crippen LogP) is 4.32. The molecule has 3 aromatic carbocycles. The zero-order chi connectivity index (χ0) is 18.4. The van der Waals surface area contributed by atoms with E-state index in [1.54, 1.807) is 12.1 Å². The molecule has 0 saturated carbocycles. The molecule has 0 unspecified atom stereocenters. The van der Waals surface area contributed by atoms with Gasteiger partial charge in [-0.25, -0.2) is 8.42 Å². The molecule has 4 nitrogen and oxygen atoms in total. The van der Waals surface area contributed by atoms with E-state index in [1.807, 2.05) is 42.5 Å². The van der Waals surface area contributed by atoms with E-state index < -0.39 is 9.84 Å². The summed E-state index contributed by atoms with van der Waals surface area (Å²) in [6.45, 7) is 0.388. The van der Waals surface area contributed by atoms with E-state index in [0.29, 0.717) is 12.4 Å². The monoisotopic (exact) mass is 366 g/mol. The summed E-state index contributed by atoms with van der Waals surface area (Å²) in [6, 6.07) is 21.6. The van der Waals surface area contributed by atoms with Crippen molar-refractivity contribution in [2.24, 2.45) is 0 Å². The zero-order valence-corrected chi connectivity index (χ0v) is 14.8. The Labute approximate surface area is 152 Å². The van der Waals surface area contributed by atoms with Crippen LogP contribution < -0.4 is 4.74 Å². The maximum atomic E-state index is 12.5. The number of hydrogen-bond donors (Lipinski definition) is 1. The summed E-state index contributed by atoms with van der Waals surface area (Å²) < 4.78 is 30.7. The Hall–Kier alpha value is -3.05. The molecule has 3 rings (SSSR count). The number of phenols is 1. The van der Waals surface area contributed by atoms with Crippen LogP contribution in [0.25, 0.3) is 6.08 Å². The van der Waals surface area contributed by atoms with Gasteiger partial charge in [0.1, 0.15) is 18.1 Å². The molecule has 0 heterocycles. The minimum atomic E-state index is -3.61. The topological polar surface area (TPSA) is 63.6 Å². The lowest BCUT2D eigenvalue weighted by atomic mass is 10.2. The molecule has 1 N–H and O–H groups in total. The molecular formula is C21H18O4S. The van der Waals surface area contributed by atoms with Crippen LogP contribution in [0.1, 0.15) is 5.56 Å². The molecule has 0 bridgehead atoms. The predicted molar refractivity (Wildman–Crippen MR) is 101 cm³/mol. The van der Waals surface area contributed by atoms with Gasteiger partial charge >= 0.3 is 0 Å². The van der Waals surface area contributed by atoms with Crippen LogP contribution in [0, 0.1) is 0 Å². The molecule has 5 heteroatoms. The van der Waals surface area contributed by atoms with Crippen LogP contribution in [0.2, 0.25) is 0 Å². The van der Waals surface area contributed by atoms with Crippen molar-refractivity contribution in [1.82, 2.24) is 0 Å². The van der Waals surface area contributed by atoms with Gasteiger partial charge in [-0.3, -0.25) is 0 Å². The number of ether oxygens (including phenoxy) is 1. The minimum absolute atomic E-state index is 0.0243. The number of aromatic hydroxyl groups is 1. The van der Waals surface area contributed by atoms with E-state index in [2.05, 4.69) is 0 Å². The molecule has 0 spiro atoms. The largest absolute Gasteiger partial charge is 0.508 e. The summed E-state index contributed by atoms with van der Waals surface area (Å²) >= 11 is 0. The molecule has 0 aromatic heterocycles. The quantitative estimate of drug-likeness (QED) is 0.706. The smallest absolute Gasteiger partial charge is 0.206 e. The summed E-state index contributed by atoms with van der Waals surface area (Å²) in [7, 11) is -3.61. The summed E-state index contributed by atoms with van der Waals surface area (Å²) in [5.41, 5.74) is 1.09. The third-order valence-electron chi connectivity index (χ3n) is 3.74. The van der Waals surface area contributed by atoms with Gasteiger partial charge in [0.05, 0.1) is 9.79 Å². The van der Waals surface area contributed by atoms with Crippen molar-refractivity contribution < 1.29 is 18.3 Å². The lowest BCUT2D eigenvalue weighted by Crippen LogP contribution is -2.02. The molecule has 0 amide bonds. The third kappa shape index (κ3) is 4.32. The second kappa shape index (κ2) is 7.89. The summed E-state index contributed by atoms with van der Waals surface area (Å²) in [5, 5.41) is 9.29. The van der Waals surface area contributed by atoms with Crippen molar-refractivity contribution in [3.63, 3.8) is 0 Å². The minimum Gasteiger partial charge on any atom is -0.508 e. The van der Waals surface area contributed by atoms with Crippen molar-refractivity contribution in [2.45, 2.75) is 9.79 Å². The Morgan fingerprint density at radius 1 is 0.808 bits per heavy atom. The number of phenolic OH excluding ortho intramolecular Hbond substituents is 1. The first-order chi connectivity index (χ1) is 12.6. The third-order valence-corrected chi connectivity index (χ3v) is 5.52. The average molecular weight is 366 g/mol. The maximum Gasteiger partial charge on any atom is 0.206 e. The van der Waals surface area contributed by atoms with Crippen molar-refractivity contribution >= 4 is 15.9 Å². The lowest BCUT2D eigenvalue weighted by Gasteiger charge is -2.07. The van der Waals surface area contributed by atoms with Crippen LogP contribution in [0.4, 0.5) is 0 Å². The van der Waals surface area contributed by atoms with Gasteiger partial charge in [0.2, 0.25) is 9.84 Å². The van der Waals surface area contributed by atoms with E-state index in [-0.39, 0.29) is 15.5 Å². The van der Waals surface area contributed by atoms with Gasteiger partial charge in [-0.05, 0) is 60.2 Å². The SMILES string of the molecule is O=S(=O)(c1ccc(O)cc1)c1ccc(OCC=Cc2ccccc2)cc1. The molecule has 0 aliphatic heterocycles. The van der Waals surface area contributed by atoms with Gasteiger partial charge in [0, 0.05) is 0 Å². The number of benzene rings is 3. The normalized spacial score (nSPS) is 11.5. The van der Waals surface area contributed by atoms with Gasteiger partial charge in [-0.15, -0.1) is 0 Å². The number of sulfone groups is 1. The highest BCUT2D eigenvalue weighted by Gasteiger charge is 2.17. The van der Waals surface area contributed by atoms with Gasteiger partial charge in [-0.1, -0.05) is 36.4 Å². The first-order valence-electron chi connectivity index (χ1n) is 8.04. The first-order valence-corrected chi connectivity index (χ1v) is 9.52. The van der Waals surface area contributed by atoms with E-state index in [4.69, 9.17) is 4.74 Å². The fourth-order valence-electron chi connectivity index (χ4n) is 2.37. The highest BCUT2D eigenvalue weighted by Crippen LogP contribution is 2.24. The molecule has 0 atom stereocenters. The highest BCUT2D eigenvalue weighted by molar-refractivity contribution is 7.91. The summed E-state index contributed by atoms with van der Waals surface area (Å²) in [5.74, 6) is 0.614. The van der Waals surface area contributed by atoms with Crippen LogP contribution in [-0.2, 0) is 9.84 Å². The van der Waals surface area contributed by atoms with Crippen molar-refractivity contribution in [1.29, 1.82) is 0 Å². The van der Waals surface area contributed by atoms with E-state index in [0.717, 1.165) is 5.56 Å². The van der Waals surface area contributed by atoms with Crippen LogP contribution in [-0.4, -0.2) is 20.1 Å². The number of hydrogen-bond acceptors (Lipinski definition) is 4. The Balaban J connectivity index is 1.65. The Morgan fingerprint density at radius 2 is 1.38 bits per heavy atom. The molecule has 0 aliphatic rings. The van der Waals surface area contributed by atoms with Crippen LogP contribution >= 0.6 is 0 Å². The van der Waals surface area contributed by atoms with Gasteiger partial charge in [0.15, 0.2) is 0 Å². The van der Waals surface area contributed by atoms with Gasteiger partial charge in [-0.2, -0.15) is 0 Å². The molecule has 132 valence electrons. The summed E-state index contributed by atoms with van der Waals surface area (Å²) in [4.78, 5) is 0.310. The highest BCUT2D eigenvalue weighted by atomic mass is 32.2. The Bertz CT molecular complexity index is 974. The second-order valence-electron chi connectivity index (χ2n) is 5.59. The second-order valence-corrected chi connectivity index (χ2v) is 7.54. The standard InChI is InChI=1S/C21H18O4S/c22-18-8-12-20(13-9-18)26(23,24)21-14-10-19(11-15-21)25-16-4-7-17-5-2-1-3-6-17/h1-15,22H,16H2. The molecule has 26 heavy (non-hydrogen) atoms. The van der Waals surface area contributed by atoms with Crippen LogP contribution in [0.3, 0.4) is 0 Å². The average Bonchev–Trinajstić information content (AvgIpc) is 2.67. The molecule has 0 fully saturated rings. The van der Waals surface area contributed by atoms with Gasteiger partial charge in [0.25, 0.3) is 0 Å². The maximum absolute atomic E-state index is 12.5. The van der Waals surface area contributed by atoms with Crippen molar-refractivity contribution in [3.8, 4) is 11.5 Å². The van der Waals surface area contributed by atoms with E-state index in [9.17, 15) is 13.5 Å². The van der Waals surface area contributed by atoms with Crippen LogP contribution in [0.5, 0.6) is 11.5 Å². The molecular weight excluding hydrogens is 348 g/mol. The molecule has 0 aliphatic carbocycles. The fraction of sp³-hybridized carbons (Fsp3) is 0.0476. The van der Waals surface area contributed by atoms with Gasteiger partial charge < -0.3 is 9.84 Å².